The first-order valence-electron chi connectivity index (χ1n) is 8.26. The van der Waals surface area contributed by atoms with Crippen LogP contribution in [-0.4, -0.2) is 36.9 Å². The summed E-state index contributed by atoms with van der Waals surface area (Å²) >= 11 is 0. The second-order valence-corrected chi connectivity index (χ2v) is 6.11. The number of allylic oxidation sites excluding steroid dienone is 2. The maximum atomic E-state index is 13.2. The van der Waals surface area contributed by atoms with Crippen molar-refractivity contribution >= 4 is 11.5 Å². The van der Waals surface area contributed by atoms with Crippen molar-refractivity contribution in [1.82, 2.24) is 4.90 Å². The van der Waals surface area contributed by atoms with Crippen LogP contribution in [0.5, 0.6) is 0 Å². The molecule has 3 rings (SSSR count). The second-order valence-electron chi connectivity index (χ2n) is 6.11. The molecule has 0 bridgehead atoms. The molecule has 1 aliphatic rings. The van der Waals surface area contributed by atoms with Crippen LogP contribution in [-0.2, 0) is 0 Å². The molecule has 0 aromatic heterocycles. The molecule has 0 saturated carbocycles. The molecular weight excluding hydrogens is 322 g/mol. The van der Waals surface area contributed by atoms with Crippen molar-refractivity contribution in [1.29, 1.82) is 0 Å². The SMILES string of the molecule is C/C(=C/C(=O)c1cccc(F)c1)N1CCN(c2ccc(F)cc2)CC1. The van der Waals surface area contributed by atoms with E-state index in [4.69, 9.17) is 0 Å². The molecule has 130 valence electrons. The average Bonchev–Trinajstić information content (AvgIpc) is 2.62. The van der Waals surface area contributed by atoms with Crippen LogP contribution < -0.4 is 4.90 Å². The fourth-order valence-electron chi connectivity index (χ4n) is 2.98. The van der Waals surface area contributed by atoms with Crippen LogP contribution in [0.25, 0.3) is 0 Å². The van der Waals surface area contributed by atoms with Gasteiger partial charge in [-0.1, -0.05) is 12.1 Å². The Morgan fingerprint density at radius 2 is 1.64 bits per heavy atom. The number of anilines is 1. The van der Waals surface area contributed by atoms with Crippen LogP contribution in [0.1, 0.15) is 17.3 Å². The summed E-state index contributed by atoms with van der Waals surface area (Å²) < 4.78 is 26.3. The lowest BCUT2D eigenvalue weighted by Gasteiger charge is -2.37. The molecule has 0 amide bonds. The van der Waals surface area contributed by atoms with E-state index in [0.29, 0.717) is 5.56 Å². The monoisotopic (exact) mass is 342 g/mol. The number of carbonyl (C=O) groups is 1. The highest BCUT2D eigenvalue weighted by atomic mass is 19.1. The zero-order chi connectivity index (χ0) is 17.8. The van der Waals surface area contributed by atoms with E-state index < -0.39 is 5.82 Å². The number of carbonyl (C=O) groups excluding carboxylic acids is 1. The molecule has 1 saturated heterocycles. The van der Waals surface area contributed by atoms with E-state index in [2.05, 4.69) is 9.80 Å². The fraction of sp³-hybridized carbons (Fsp3) is 0.250. The highest BCUT2D eigenvalue weighted by Crippen LogP contribution is 2.19. The molecule has 0 radical (unpaired) electrons. The first-order chi connectivity index (χ1) is 12.0. The van der Waals surface area contributed by atoms with Crippen molar-refractivity contribution < 1.29 is 13.6 Å². The van der Waals surface area contributed by atoms with E-state index in [1.54, 1.807) is 24.3 Å². The van der Waals surface area contributed by atoms with Gasteiger partial charge in [0.2, 0.25) is 0 Å². The number of rotatable bonds is 4. The highest BCUT2D eigenvalue weighted by Gasteiger charge is 2.18. The van der Waals surface area contributed by atoms with Gasteiger partial charge < -0.3 is 9.80 Å². The third kappa shape index (κ3) is 4.24. The van der Waals surface area contributed by atoms with Gasteiger partial charge in [0, 0.05) is 49.2 Å². The van der Waals surface area contributed by atoms with E-state index in [0.717, 1.165) is 37.6 Å². The van der Waals surface area contributed by atoms with Gasteiger partial charge in [-0.3, -0.25) is 4.79 Å². The number of halogens is 2. The van der Waals surface area contributed by atoms with Gasteiger partial charge in [-0.05, 0) is 43.3 Å². The minimum absolute atomic E-state index is 0.196. The average molecular weight is 342 g/mol. The number of hydrogen-bond acceptors (Lipinski definition) is 3. The van der Waals surface area contributed by atoms with Gasteiger partial charge in [-0.25, -0.2) is 8.78 Å². The summed E-state index contributed by atoms with van der Waals surface area (Å²) in [6, 6.07) is 12.2. The first kappa shape index (κ1) is 17.1. The summed E-state index contributed by atoms with van der Waals surface area (Å²) in [4.78, 5) is 16.6. The molecule has 0 spiro atoms. The maximum Gasteiger partial charge on any atom is 0.187 e. The van der Waals surface area contributed by atoms with Crippen LogP contribution in [0.4, 0.5) is 14.5 Å². The Labute approximate surface area is 146 Å². The predicted molar refractivity (Wildman–Crippen MR) is 94.7 cm³/mol. The lowest BCUT2D eigenvalue weighted by molar-refractivity contribution is 0.104. The predicted octanol–water partition coefficient (Wildman–Crippen LogP) is 3.87. The Kier molecular flexibility index (Phi) is 5.12. The van der Waals surface area contributed by atoms with E-state index in [1.165, 1.54) is 30.3 Å². The van der Waals surface area contributed by atoms with E-state index in [9.17, 15) is 13.6 Å². The third-order valence-corrected chi connectivity index (χ3v) is 4.42. The number of ketones is 1. The third-order valence-electron chi connectivity index (χ3n) is 4.42. The molecule has 0 atom stereocenters. The maximum absolute atomic E-state index is 13.2. The van der Waals surface area contributed by atoms with Crippen LogP contribution in [0.2, 0.25) is 0 Å². The first-order valence-corrected chi connectivity index (χ1v) is 8.26. The highest BCUT2D eigenvalue weighted by molar-refractivity contribution is 6.04. The number of benzene rings is 2. The number of piperazine rings is 1. The fourth-order valence-corrected chi connectivity index (χ4v) is 2.98. The van der Waals surface area contributed by atoms with Crippen LogP contribution in [0.3, 0.4) is 0 Å². The van der Waals surface area contributed by atoms with Gasteiger partial charge >= 0.3 is 0 Å². The smallest absolute Gasteiger partial charge is 0.187 e. The molecule has 1 aliphatic heterocycles. The molecule has 1 heterocycles. The van der Waals surface area contributed by atoms with Crippen molar-refractivity contribution in [2.45, 2.75) is 6.92 Å². The Hall–Kier alpha value is -2.69. The van der Waals surface area contributed by atoms with Crippen LogP contribution in [0.15, 0.2) is 60.3 Å². The molecule has 2 aromatic rings. The Morgan fingerprint density at radius 1 is 0.960 bits per heavy atom. The summed E-state index contributed by atoms with van der Waals surface area (Å²) in [6.45, 7) is 5.03. The van der Waals surface area contributed by atoms with E-state index in [-0.39, 0.29) is 11.6 Å². The quantitative estimate of drug-likeness (QED) is 0.622. The van der Waals surface area contributed by atoms with Crippen molar-refractivity contribution in [2.24, 2.45) is 0 Å². The van der Waals surface area contributed by atoms with E-state index >= 15 is 0 Å². The van der Waals surface area contributed by atoms with Crippen molar-refractivity contribution in [3.63, 3.8) is 0 Å². The van der Waals surface area contributed by atoms with Gasteiger partial charge in [-0.2, -0.15) is 0 Å². The summed E-state index contributed by atoms with van der Waals surface area (Å²) in [5, 5.41) is 0. The van der Waals surface area contributed by atoms with Crippen molar-refractivity contribution in [3.8, 4) is 0 Å². The normalized spacial score (nSPS) is 15.4. The number of nitrogens with zero attached hydrogens (tertiary/aromatic N) is 2. The van der Waals surface area contributed by atoms with Gasteiger partial charge in [0.1, 0.15) is 11.6 Å². The molecule has 3 nitrogen and oxygen atoms in total. The second kappa shape index (κ2) is 7.47. The van der Waals surface area contributed by atoms with Gasteiger partial charge in [0.25, 0.3) is 0 Å². The molecular formula is C20H20F2N2O. The van der Waals surface area contributed by atoms with Crippen LogP contribution >= 0.6 is 0 Å². The molecule has 5 heteroatoms. The van der Waals surface area contributed by atoms with Gasteiger partial charge in [0.15, 0.2) is 5.78 Å². The van der Waals surface area contributed by atoms with Gasteiger partial charge in [0.05, 0.1) is 0 Å². The van der Waals surface area contributed by atoms with Crippen molar-refractivity contribution in [2.75, 3.05) is 31.1 Å². The van der Waals surface area contributed by atoms with Crippen molar-refractivity contribution in [3.05, 3.63) is 77.5 Å². The zero-order valence-electron chi connectivity index (χ0n) is 14.1. The number of hydrogen-bond donors (Lipinski definition) is 0. The lowest BCUT2D eigenvalue weighted by atomic mass is 10.1. The lowest BCUT2D eigenvalue weighted by Crippen LogP contribution is -2.45. The largest absolute Gasteiger partial charge is 0.371 e. The molecule has 1 fully saturated rings. The minimum atomic E-state index is -0.412. The summed E-state index contributed by atoms with van der Waals surface area (Å²) in [6.07, 6.45) is 1.56. The molecule has 0 aliphatic carbocycles. The van der Waals surface area contributed by atoms with Crippen LogP contribution in [0, 0.1) is 11.6 Å². The Bertz CT molecular complexity index is 779. The minimum Gasteiger partial charge on any atom is -0.371 e. The topological polar surface area (TPSA) is 23.6 Å². The van der Waals surface area contributed by atoms with E-state index in [1.807, 2.05) is 6.92 Å². The van der Waals surface area contributed by atoms with Gasteiger partial charge in [-0.15, -0.1) is 0 Å². The molecule has 25 heavy (non-hydrogen) atoms. The molecule has 0 N–H and O–H groups in total. The standard InChI is InChI=1S/C20H20F2N2O/c1-15(13-20(25)16-3-2-4-18(22)14-16)23-9-11-24(12-10-23)19-7-5-17(21)6-8-19/h2-8,13-14H,9-12H2,1H3/b15-13-. The summed E-state index contributed by atoms with van der Waals surface area (Å²) in [5.41, 5.74) is 2.22. The molecule has 2 aromatic carbocycles. The molecule has 0 unspecified atom stereocenters. The zero-order valence-corrected chi connectivity index (χ0v) is 14.1. The Balaban J connectivity index is 1.62. The summed E-state index contributed by atoms with van der Waals surface area (Å²) in [5.74, 6) is -0.847. The Morgan fingerprint density at radius 3 is 2.28 bits per heavy atom. The summed E-state index contributed by atoms with van der Waals surface area (Å²) in [7, 11) is 0.